The molecular formula is C46H62N8O4. The van der Waals surface area contributed by atoms with Crippen molar-refractivity contribution in [3.05, 3.63) is 70.0 Å². The van der Waals surface area contributed by atoms with E-state index >= 15 is 0 Å². The Kier molecular flexibility index (Phi) is 11.4. The molecule has 2 aromatic carbocycles. The Hall–Kier alpha value is -4.68. The summed E-state index contributed by atoms with van der Waals surface area (Å²) >= 11 is 0. The first-order valence-corrected chi connectivity index (χ1v) is 21.7. The molecule has 4 aromatic rings. The minimum absolute atomic E-state index is 0.00700. The molecule has 1 N–H and O–H groups in total. The highest BCUT2D eigenvalue weighted by Crippen LogP contribution is 2.36. The predicted octanol–water partition coefficient (Wildman–Crippen LogP) is 6.64. The number of piperidine rings is 2. The summed E-state index contributed by atoms with van der Waals surface area (Å²) in [6.07, 6.45) is 9.87. The monoisotopic (exact) mass is 790 g/mol. The number of amides is 4. The third-order valence-corrected chi connectivity index (χ3v) is 13.6. The van der Waals surface area contributed by atoms with Gasteiger partial charge in [-0.3, -0.25) is 23.6 Å². The van der Waals surface area contributed by atoms with Crippen LogP contribution in [0.15, 0.2) is 36.4 Å². The maximum absolute atomic E-state index is 13.2. The van der Waals surface area contributed by atoms with Crippen LogP contribution in [0.3, 0.4) is 0 Å². The molecule has 6 heterocycles. The summed E-state index contributed by atoms with van der Waals surface area (Å²) in [6.45, 7) is 11.3. The number of carbonyl (C=O) groups excluding carboxylic acids is 4. The Morgan fingerprint density at radius 3 is 1.57 bits per heavy atom. The molecule has 2 saturated heterocycles. The van der Waals surface area contributed by atoms with Crippen LogP contribution in [0, 0.1) is 11.8 Å². The molecular weight excluding hydrogens is 729 g/mol. The quantitative estimate of drug-likeness (QED) is 0.250. The highest BCUT2D eigenvalue weighted by atomic mass is 16.2. The van der Waals surface area contributed by atoms with Crippen molar-refractivity contribution in [2.45, 2.75) is 90.8 Å². The van der Waals surface area contributed by atoms with Crippen LogP contribution in [0.2, 0.25) is 0 Å². The molecule has 310 valence electrons. The second kappa shape index (κ2) is 16.5. The van der Waals surface area contributed by atoms with Gasteiger partial charge in [0.2, 0.25) is 0 Å². The van der Waals surface area contributed by atoms with Gasteiger partial charge in [-0.25, -0.2) is 9.59 Å². The molecule has 2 aromatic heterocycles. The van der Waals surface area contributed by atoms with Gasteiger partial charge in [0.1, 0.15) is 0 Å². The number of likely N-dealkylation sites (tertiary alicyclic amines) is 2. The number of hydrogen-bond donors (Lipinski definition) is 1. The van der Waals surface area contributed by atoms with Crippen LogP contribution < -0.4 is 5.32 Å². The molecule has 4 aliphatic heterocycles. The molecule has 3 fully saturated rings. The Morgan fingerprint density at radius 1 is 0.621 bits per heavy atom. The van der Waals surface area contributed by atoms with Gasteiger partial charge in [0.05, 0.1) is 11.0 Å². The lowest BCUT2D eigenvalue weighted by molar-refractivity contribution is 0.0689. The number of nitrogens with zero attached hydrogens (tertiary/aromatic N) is 7. The van der Waals surface area contributed by atoms with E-state index in [1.54, 1.807) is 38.0 Å². The van der Waals surface area contributed by atoms with E-state index in [1.165, 1.54) is 24.8 Å². The Labute approximate surface area is 343 Å². The van der Waals surface area contributed by atoms with Crippen LogP contribution in [0.1, 0.15) is 102 Å². The van der Waals surface area contributed by atoms with E-state index in [-0.39, 0.29) is 23.9 Å². The first-order valence-electron chi connectivity index (χ1n) is 21.7. The van der Waals surface area contributed by atoms with Gasteiger partial charge < -0.3 is 24.9 Å². The van der Waals surface area contributed by atoms with Crippen molar-refractivity contribution in [3.63, 3.8) is 0 Å². The lowest BCUT2D eigenvalue weighted by atomic mass is 9.89. The molecule has 12 nitrogen and oxygen atoms in total. The Bertz CT molecular complexity index is 2210. The number of benzene rings is 2. The van der Waals surface area contributed by atoms with E-state index < -0.39 is 0 Å². The summed E-state index contributed by atoms with van der Waals surface area (Å²) in [7, 11) is 7.16. The van der Waals surface area contributed by atoms with Gasteiger partial charge in [0.15, 0.2) is 0 Å². The van der Waals surface area contributed by atoms with Crippen LogP contribution in [-0.4, -0.2) is 131 Å². The largest absolute Gasteiger partial charge is 0.339 e. The second-order valence-electron chi connectivity index (χ2n) is 18.0. The first kappa shape index (κ1) is 40.1. The van der Waals surface area contributed by atoms with E-state index in [0.29, 0.717) is 17.9 Å². The molecule has 0 bridgehead atoms. The van der Waals surface area contributed by atoms with E-state index in [4.69, 9.17) is 0 Å². The maximum Gasteiger partial charge on any atom is 0.328 e. The fourth-order valence-corrected chi connectivity index (χ4v) is 9.62. The van der Waals surface area contributed by atoms with Gasteiger partial charge in [-0.1, -0.05) is 20.3 Å². The summed E-state index contributed by atoms with van der Waals surface area (Å²) < 4.78 is 3.71. The first-order chi connectivity index (χ1) is 27.9. The van der Waals surface area contributed by atoms with Gasteiger partial charge in [0.25, 0.3) is 11.8 Å². The number of rotatable bonds is 3. The standard InChI is InChI=1S/C25H34N4O2.C21H28N4O2/c1-17-9-12-27(13-10-17)24(30)18-7-8-22-20(15-18)21-16-28(19-5-4-6-19)14-11-23(21)29(22)25(31)26(2)3;1-14-7-10-24(11-8-14)20(26)15-4-5-18-16(12-15)17-13-22-9-6-19(17)25(18)21(27)23(2)3/h7-8,15,17,19H,4-6,9-14,16H2,1-3H3;4-5,12,14,22H,6-11,13H2,1-3H3. The van der Waals surface area contributed by atoms with E-state index in [2.05, 4.69) is 30.1 Å². The third-order valence-electron chi connectivity index (χ3n) is 13.6. The second-order valence-corrected chi connectivity index (χ2v) is 18.0. The Morgan fingerprint density at radius 2 is 1.10 bits per heavy atom. The van der Waals surface area contributed by atoms with E-state index in [0.717, 1.165) is 141 Å². The lowest BCUT2D eigenvalue weighted by Crippen LogP contribution is -2.43. The van der Waals surface area contributed by atoms with Gasteiger partial charge in [0, 0.05) is 133 Å². The van der Waals surface area contributed by atoms with Crippen LogP contribution in [0.5, 0.6) is 0 Å². The number of aromatic nitrogens is 2. The molecule has 1 saturated carbocycles. The number of carbonyl (C=O) groups is 4. The number of fused-ring (bicyclic) bond motifs is 6. The van der Waals surface area contributed by atoms with Crippen molar-refractivity contribution in [3.8, 4) is 0 Å². The normalized spacial score (nSPS) is 19.3. The fourth-order valence-electron chi connectivity index (χ4n) is 9.62. The summed E-state index contributed by atoms with van der Waals surface area (Å²) in [5, 5.41) is 5.49. The fraction of sp³-hybridized carbons (Fsp3) is 0.565. The molecule has 12 heteroatoms. The average Bonchev–Trinajstić information content (AvgIpc) is 3.71. The maximum atomic E-state index is 13.2. The van der Waals surface area contributed by atoms with Crippen molar-refractivity contribution >= 4 is 45.7 Å². The van der Waals surface area contributed by atoms with Crippen molar-refractivity contribution in [1.82, 2.24) is 39.0 Å². The molecule has 9 rings (SSSR count). The predicted molar refractivity (Wildman–Crippen MR) is 229 cm³/mol. The van der Waals surface area contributed by atoms with Crippen molar-refractivity contribution < 1.29 is 19.2 Å². The topological polar surface area (TPSA) is 106 Å². The SMILES string of the molecule is CC1CCN(C(=O)c2ccc3c(c2)c2c(n3C(=O)N(C)C)CCN(C3CCC3)C2)CC1.CC1CCN(C(=O)c2ccc3c(c2)c2c(n3C(=O)N(C)C)CCNC2)CC1. The molecule has 5 aliphatic rings. The van der Waals surface area contributed by atoms with Gasteiger partial charge in [-0.15, -0.1) is 0 Å². The van der Waals surface area contributed by atoms with Gasteiger partial charge in [-0.2, -0.15) is 0 Å². The zero-order chi connectivity index (χ0) is 40.8. The van der Waals surface area contributed by atoms with Crippen LogP contribution in [0.25, 0.3) is 21.8 Å². The smallest absolute Gasteiger partial charge is 0.328 e. The summed E-state index contributed by atoms with van der Waals surface area (Å²) in [4.78, 5) is 61.9. The van der Waals surface area contributed by atoms with Crippen LogP contribution in [0.4, 0.5) is 9.59 Å². The zero-order valence-corrected chi connectivity index (χ0v) is 35.5. The van der Waals surface area contributed by atoms with Crippen molar-refractivity contribution in [2.24, 2.45) is 11.8 Å². The summed E-state index contributed by atoms with van der Waals surface area (Å²) in [5.74, 6) is 1.62. The number of nitrogens with one attached hydrogen (secondary N) is 1. The van der Waals surface area contributed by atoms with Crippen LogP contribution in [-0.2, 0) is 25.9 Å². The molecule has 1 aliphatic carbocycles. The minimum Gasteiger partial charge on any atom is -0.339 e. The van der Waals surface area contributed by atoms with Gasteiger partial charge in [-0.05, 0) is 97.9 Å². The van der Waals surface area contributed by atoms with Crippen molar-refractivity contribution in [1.29, 1.82) is 0 Å². The van der Waals surface area contributed by atoms with E-state index in [9.17, 15) is 19.2 Å². The van der Waals surface area contributed by atoms with Gasteiger partial charge >= 0.3 is 12.1 Å². The molecule has 0 radical (unpaired) electrons. The highest BCUT2D eigenvalue weighted by Gasteiger charge is 2.33. The summed E-state index contributed by atoms with van der Waals surface area (Å²) in [6, 6.07) is 12.4. The van der Waals surface area contributed by atoms with Crippen molar-refractivity contribution in [2.75, 3.05) is 67.5 Å². The third kappa shape index (κ3) is 7.54. The van der Waals surface area contributed by atoms with Crippen LogP contribution >= 0.6 is 0 Å². The molecule has 4 amide bonds. The molecule has 0 atom stereocenters. The Balaban J connectivity index is 0.000000164. The zero-order valence-electron chi connectivity index (χ0n) is 35.5. The highest BCUT2D eigenvalue weighted by molar-refractivity contribution is 6.03. The lowest BCUT2D eigenvalue weighted by Gasteiger charge is -2.40. The number of hydrogen-bond acceptors (Lipinski definition) is 6. The summed E-state index contributed by atoms with van der Waals surface area (Å²) in [5.41, 5.74) is 7.88. The minimum atomic E-state index is -0.0350. The molecule has 58 heavy (non-hydrogen) atoms. The average molecular weight is 791 g/mol. The van der Waals surface area contributed by atoms with E-state index in [1.807, 2.05) is 49.3 Å². The molecule has 0 spiro atoms. The molecule has 0 unspecified atom stereocenters.